The molecule has 0 aromatic carbocycles. The third-order valence-corrected chi connectivity index (χ3v) is 3.19. The van der Waals surface area contributed by atoms with Gasteiger partial charge in [0.15, 0.2) is 5.78 Å². The molecule has 0 aliphatic carbocycles. The molecule has 1 aromatic rings. The molecule has 0 N–H and O–H groups in total. The van der Waals surface area contributed by atoms with Gasteiger partial charge in [-0.05, 0) is 44.7 Å². The smallest absolute Gasteiger partial charge is 0.164 e. The quantitative estimate of drug-likeness (QED) is 0.734. The van der Waals surface area contributed by atoms with Gasteiger partial charge in [0.25, 0.3) is 0 Å². The summed E-state index contributed by atoms with van der Waals surface area (Å²) in [5, 5.41) is 0. The van der Waals surface area contributed by atoms with Crippen LogP contribution in [0.1, 0.15) is 48.2 Å². The first-order valence-electron chi connectivity index (χ1n) is 6.33. The average Bonchev–Trinajstić information content (AvgIpc) is 2.83. The summed E-state index contributed by atoms with van der Waals surface area (Å²) in [6.45, 7) is 2.81. The second kappa shape index (κ2) is 5.92. The van der Waals surface area contributed by atoms with Crippen molar-refractivity contribution in [3.05, 3.63) is 29.6 Å². The minimum absolute atomic E-state index is 0.190. The topological polar surface area (TPSA) is 39.2 Å². The fourth-order valence-corrected chi connectivity index (χ4v) is 2.14. The minimum Gasteiger partial charge on any atom is -0.378 e. The monoisotopic (exact) mass is 233 g/mol. The first kappa shape index (κ1) is 12.2. The van der Waals surface area contributed by atoms with Crippen LogP contribution in [0.5, 0.6) is 0 Å². The molecule has 1 aromatic heterocycles. The summed E-state index contributed by atoms with van der Waals surface area (Å²) in [6, 6.07) is 3.74. The van der Waals surface area contributed by atoms with Crippen molar-refractivity contribution in [2.75, 3.05) is 6.61 Å². The van der Waals surface area contributed by atoms with Crippen molar-refractivity contribution in [2.24, 2.45) is 0 Å². The molecular formula is C14H19NO2. The Kier molecular flexibility index (Phi) is 4.26. The van der Waals surface area contributed by atoms with E-state index in [0.717, 1.165) is 37.1 Å². The number of aryl methyl sites for hydroxylation is 1. The molecule has 1 aliphatic heterocycles. The molecule has 17 heavy (non-hydrogen) atoms. The van der Waals surface area contributed by atoms with E-state index in [4.69, 9.17) is 4.74 Å². The lowest BCUT2D eigenvalue weighted by molar-refractivity contribution is 0.0922. The number of hydrogen-bond donors (Lipinski definition) is 0. The van der Waals surface area contributed by atoms with Crippen molar-refractivity contribution in [2.45, 2.75) is 45.1 Å². The summed E-state index contributed by atoms with van der Waals surface area (Å²) in [5.41, 5.74) is 1.67. The largest absolute Gasteiger partial charge is 0.378 e. The van der Waals surface area contributed by atoms with Crippen LogP contribution < -0.4 is 0 Å². The molecule has 92 valence electrons. The van der Waals surface area contributed by atoms with Gasteiger partial charge in [0.05, 0.1) is 6.10 Å². The Morgan fingerprint density at radius 2 is 2.41 bits per heavy atom. The highest BCUT2D eigenvalue weighted by molar-refractivity contribution is 5.95. The molecule has 1 fully saturated rings. The Morgan fingerprint density at radius 3 is 3.06 bits per heavy atom. The summed E-state index contributed by atoms with van der Waals surface area (Å²) in [6.07, 6.45) is 6.90. The van der Waals surface area contributed by atoms with Gasteiger partial charge >= 0.3 is 0 Å². The standard InChI is InChI=1S/C14H19NO2/c1-11-7-8-12(10-15-11)14(16)6-2-4-13-5-3-9-17-13/h7-8,10,13H,2-6,9H2,1H3. The van der Waals surface area contributed by atoms with E-state index in [2.05, 4.69) is 4.98 Å². The number of pyridine rings is 1. The first-order valence-corrected chi connectivity index (χ1v) is 6.33. The van der Waals surface area contributed by atoms with Crippen molar-refractivity contribution in [3.8, 4) is 0 Å². The van der Waals surface area contributed by atoms with E-state index in [-0.39, 0.29) is 5.78 Å². The molecule has 1 atom stereocenters. The molecule has 0 amide bonds. The first-order chi connectivity index (χ1) is 8.25. The second-order valence-corrected chi connectivity index (χ2v) is 4.64. The lowest BCUT2D eigenvalue weighted by Crippen LogP contribution is -2.06. The van der Waals surface area contributed by atoms with Crippen LogP contribution in [0.3, 0.4) is 0 Å². The molecule has 0 radical (unpaired) electrons. The highest BCUT2D eigenvalue weighted by atomic mass is 16.5. The molecule has 2 rings (SSSR count). The summed E-state index contributed by atoms with van der Waals surface area (Å²) in [4.78, 5) is 16.0. The van der Waals surface area contributed by atoms with Crippen LogP contribution >= 0.6 is 0 Å². The van der Waals surface area contributed by atoms with Gasteiger partial charge in [0, 0.05) is 30.5 Å². The van der Waals surface area contributed by atoms with E-state index < -0.39 is 0 Å². The zero-order valence-corrected chi connectivity index (χ0v) is 10.3. The van der Waals surface area contributed by atoms with E-state index >= 15 is 0 Å². The van der Waals surface area contributed by atoms with E-state index in [1.54, 1.807) is 6.20 Å². The number of nitrogens with zero attached hydrogens (tertiary/aromatic N) is 1. The number of Topliss-reactive ketones (excluding diaryl/α,β-unsaturated/α-hetero) is 1. The molecular weight excluding hydrogens is 214 g/mol. The van der Waals surface area contributed by atoms with Crippen LogP contribution in [0.15, 0.2) is 18.3 Å². The van der Waals surface area contributed by atoms with Crippen molar-refractivity contribution < 1.29 is 9.53 Å². The van der Waals surface area contributed by atoms with Gasteiger partial charge in [0.2, 0.25) is 0 Å². The third kappa shape index (κ3) is 3.63. The van der Waals surface area contributed by atoms with Crippen LogP contribution in [0.4, 0.5) is 0 Å². The molecule has 0 bridgehead atoms. The number of aromatic nitrogens is 1. The molecule has 3 heteroatoms. The number of ether oxygens (including phenoxy) is 1. The minimum atomic E-state index is 0.190. The summed E-state index contributed by atoms with van der Waals surface area (Å²) in [5.74, 6) is 0.190. The van der Waals surface area contributed by atoms with Crippen LogP contribution in [-0.2, 0) is 4.74 Å². The molecule has 1 saturated heterocycles. The Labute approximate surface area is 102 Å². The summed E-state index contributed by atoms with van der Waals surface area (Å²) < 4.78 is 5.53. The van der Waals surface area contributed by atoms with Crippen molar-refractivity contribution in [1.82, 2.24) is 4.98 Å². The summed E-state index contributed by atoms with van der Waals surface area (Å²) >= 11 is 0. The predicted octanol–water partition coefficient (Wildman–Crippen LogP) is 2.92. The lowest BCUT2D eigenvalue weighted by atomic mass is 10.0. The summed E-state index contributed by atoms with van der Waals surface area (Å²) in [7, 11) is 0. The maximum Gasteiger partial charge on any atom is 0.164 e. The van der Waals surface area contributed by atoms with E-state index in [0.29, 0.717) is 12.5 Å². The third-order valence-electron chi connectivity index (χ3n) is 3.19. The Hall–Kier alpha value is -1.22. The molecule has 2 heterocycles. The van der Waals surface area contributed by atoms with Crippen LogP contribution in [0, 0.1) is 6.92 Å². The SMILES string of the molecule is Cc1ccc(C(=O)CCCC2CCCO2)cn1. The highest BCUT2D eigenvalue weighted by Gasteiger charge is 2.15. The molecule has 1 aliphatic rings. The van der Waals surface area contributed by atoms with E-state index in [9.17, 15) is 4.79 Å². The van der Waals surface area contributed by atoms with Gasteiger partial charge < -0.3 is 4.74 Å². The zero-order chi connectivity index (χ0) is 12.1. The second-order valence-electron chi connectivity index (χ2n) is 4.64. The van der Waals surface area contributed by atoms with Crippen LogP contribution in [0.2, 0.25) is 0 Å². The fourth-order valence-electron chi connectivity index (χ4n) is 2.14. The molecule has 0 spiro atoms. The Morgan fingerprint density at radius 1 is 1.53 bits per heavy atom. The molecule has 1 unspecified atom stereocenters. The van der Waals surface area contributed by atoms with Gasteiger partial charge in [-0.25, -0.2) is 0 Å². The van der Waals surface area contributed by atoms with Crippen molar-refractivity contribution in [3.63, 3.8) is 0 Å². The van der Waals surface area contributed by atoms with Crippen LogP contribution in [0.25, 0.3) is 0 Å². The van der Waals surface area contributed by atoms with Gasteiger partial charge in [-0.1, -0.05) is 0 Å². The number of hydrogen-bond acceptors (Lipinski definition) is 3. The van der Waals surface area contributed by atoms with Gasteiger partial charge in [-0.2, -0.15) is 0 Å². The lowest BCUT2D eigenvalue weighted by Gasteiger charge is -2.08. The zero-order valence-electron chi connectivity index (χ0n) is 10.3. The van der Waals surface area contributed by atoms with Gasteiger partial charge in [-0.15, -0.1) is 0 Å². The normalized spacial score (nSPS) is 19.5. The van der Waals surface area contributed by atoms with Gasteiger partial charge in [0.1, 0.15) is 0 Å². The predicted molar refractivity (Wildman–Crippen MR) is 66.1 cm³/mol. The number of ketones is 1. The van der Waals surface area contributed by atoms with Crippen molar-refractivity contribution in [1.29, 1.82) is 0 Å². The Balaban J connectivity index is 1.75. The number of carbonyl (C=O) groups excluding carboxylic acids is 1. The highest BCUT2D eigenvalue weighted by Crippen LogP contribution is 2.18. The molecule has 3 nitrogen and oxygen atoms in total. The Bertz CT molecular complexity index is 366. The van der Waals surface area contributed by atoms with Gasteiger partial charge in [-0.3, -0.25) is 9.78 Å². The number of carbonyl (C=O) groups is 1. The van der Waals surface area contributed by atoms with E-state index in [1.807, 2.05) is 19.1 Å². The van der Waals surface area contributed by atoms with E-state index in [1.165, 1.54) is 6.42 Å². The molecule has 0 saturated carbocycles. The maximum absolute atomic E-state index is 11.8. The van der Waals surface area contributed by atoms with Crippen molar-refractivity contribution >= 4 is 5.78 Å². The average molecular weight is 233 g/mol. The van der Waals surface area contributed by atoms with Crippen LogP contribution in [-0.4, -0.2) is 23.5 Å². The fraction of sp³-hybridized carbons (Fsp3) is 0.571. The maximum atomic E-state index is 11.8. The number of rotatable bonds is 5.